The number of rotatable bonds is 3. The highest BCUT2D eigenvalue weighted by Crippen LogP contribution is 2.25. The number of halogens is 1. The Bertz CT molecular complexity index is 631. The minimum atomic E-state index is -0.454. The van der Waals surface area contributed by atoms with Gasteiger partial charge in [0.2, 0.25) is 0 Å². The Balaban J connectivity index is 2.18. The van der Waals surface area contributed by atoms with Crippen LogP contribution in [0.2, 0.25) is 0 Å². The predicted octanol–water partition coefficient (Wildman–Crippen LogP) is 4.80. The van der Waals surface area contributed by atoms with Gasteiger partial charge < -0.3 is 5.32 Å². The van der Waals surface area contributed by atoms with E-state index < -0.39 is 6.04 Å². The Morgan fingerprint density at radius 1 is 1.00 bits per heavy atom. The topological polar surface area (TPSA) is 35.8 Å². The number of anilines is 1. The molecule has 0 saturated heterocycles. The number of benzene rings is 2. The molecule has 2 rings (SSSR count). The third-order valence-electron chi connectivity index (χ3n) is 3.39. The average Bonchev–Trinajstić information content (AvgIpc) is 2.46. The molecular weight excluding hydrogens is 263 g/mol. The Labute approximate surface area is 125 Å². The third kappa shape index (κ3) is 3.82. The molecule has 3 heteroatoms. The molecule has 0 heterocycles. The van der Waals surface area contributed by atoms with Crippen LogP contribution in [0, 0.1) is 17.1 Å². The van der Waals surface area contributed by atoms with Gasteiger partial charge in [-0.3, -0.25) is 0 Å². The summed E-state index contributed by atoms with van der Waals surface area (Å²) in [5, 5.41) is 12.4. The van der Waals surface area contributed by atoms with Crippen LogP contribution in [0.3, 0.4) is 0 Å². The van der Waals surface area contributed by atoms with Gasteiger partial charge in [-0.15, -0.1) is 0 Å². The van der Waals surface area contributed by atoms with Crippen molar-refractivity contribution in [2.75, 3.05) is 5.32 Å². The molecule has 2 aromatic rings. The van der Waals surface area contributed by atoms with Crippen molar-refractivity contribution in [3.05, 3.63) is 65.5 Å². The van der Waals surface area contributed by atoms with Gasteiger partial charge in [0.25, 0.3) is 0 Å². The Kier molecular flexibility index (Phi) is 4.28. The number of hydrogen-bond acceptors (Lipinski definition) is 2. The van der Waals surface area contributed by atoms with Crippen molar-refractivity contribution in [3.63, 3.8) is 0 Å². The quantitative estimate of drug-likeness (QED) is 0.877. The normalized spacial score (nSPS) is 12.5. The monoisotopic (exact) mass is 282 g/mol. The Morgan fingerprint density at radius 3 is 2.05 bits per heavy atom. The standard InChI is InChI=1S/C18H19FN2/c1-18(2,3)14-6-4-13(5-7-14)17(12-20)21-16-10-8-15(19)9-11-16/h4-11,17,21H,1-3H3. The Hall–Kier alpha value is -2.34. The summed E-state index contributed by atoms with van der Waals surface area (Å²) in [6, 6.07) is 15.8. The molecule has 0 aromatic heterocycles. The van der Waals surface area contributed by atoms with E-state index in [4.69, 9.17) is 0 Å². The van der Waals surface area contributed by atoms with Crippen LogP contribution in [-0.2, 0) is 5.41 Å². The summed E-state index contributed by atoms with van der Waals surface area (Å²) >= 11 is 0. The first-order chi connectivity index (χ1) is 9.90. The molecule has 0 radical (unpaired) electrons. The maximum absolute atomic E-state index is 12.9. The molecular formula is C18H19FN2. The number of nitrogens with one attached hydrogen (secondary N) is 1. The highest BCUT2D eigenvalue weighted by atomic mass is 19.1. The second-order valence-corrected chi connectivity index (χ2v) is 6.09. The molecule has 2 aromatic carbocycles. The van der Waals surface area contributed by atoms with Crippen molar-refractivity contribution in [3.8, 4) is 6.07 Å². The second-order valence-electron chi connectivity index (χ2n) is 6.09. The molecule has 0 bridgehead atoms. The fraction of sp³-hybridized carbons (Fsp3) is 0.278. The summed E-state index contributed by atoms with van der Waals surface area (Å²) < 4.78 is 12.9. The fourth-order valence-corrected chi connectivity index (χ4v) is 2.08. The van der Waals surface area contributed by atoms with Gasteiger partial charge in [0, 0.05) is 5.69 Å². The molecule has 0 amide bonds. The third-order valence-corrected chi connectivity index (χ3v) is 3.39. The van der Waals surface area contributed by atoms with Crippen molar-refractivity contribution in [1.82, 2.24) is 0 Å². The van der Waals surface area contributed by atoms with E-state index in [-0.39, 0.29) is 11.2 Å². The largest absolute Gasteiger partial charge is 0.366 e. The lowest BCUT2D eigenvalue weighted by Crippen LogP contribution is -2.12. The van der Waals surface area contributed by atoms with Gasteiger partial charge in [0.15, 0.2) is 0 Å². The van der Waals surface area contributed by atoms with Gasteiger partial charge in [-0.25, -0.2) is 4.39 Å². The first-order valence-electron chi connectivity index (χ1n) is 6.92. The smallest absolute Gasteiger partial charge is 0.140 e. The van der Waals surface area contributed by atoms with Gasteiger partial charge in [0.05, 0.1) is 6.07 Å². The van der Waals surface area contributed by atoms with Crippen LogP contribution in [0.5, 0.6) is 0 Å². The molecule has 2 nitrogen and oxygen atoms in total. The molecule has 21 heavy (non-hydrogen) atoms. The van der Waals surface area contributed by atoms with Gasteiger partial charge in [-0.05, 0) is 40.8 Å². The summed E-state index contributed by atoms with van der Waals surface area (Å²) in [6.07, 6.45) is 0. The molecule has 0 aliphatic carbocycles. The lowest BCUT2D eigenvalue weighted by atomic mass is 9.86. The predicted molar refractivity (Wildman–Crippen MR) is 83.5 cm³/mol. The summed E-state index contributed by atoms with van der Waals surface area (Å²) in [4.78, 5) is 0. The van der Waals surface area contributed by atoms with Crippen molar-refractivity contribution >= 4 is 5.69 Å². The molecule has 1 unspecified atom stereocenters. The van der Waals surface area contributed by atoms with Gasteiger partial charge >= 0.3 is 0 Å². The van der Waals surface area contributed by atoms with E-state index in [0.29, 0.717) is 0 Å². The maximum Gasteiger partial charge on any atom is 0.140 e. The van der Waals surface area contributed by atoms with Crippen molar-refractivity contribution in [2.24, 2.45) is 0 Å². The summed E-state index contributed by atoms with van der Waals surface area (Å²) in [7, 11) is 0. The highest BCUT2D eigenvalue weighted by molar-refractivity contribution is 5.47. The van der Waals surface area contributed by atoms with Crippen molar-refractivity contribution < 1.29 is 4.39 Å². The van der Waals surface area contributed by atoms with Crippen LogP contribution in [0.1, 0.15) is 37.9 Å². The van der Waals surface area contributed by atoms with Crippen LogP contribution in [0.25, 0.3) is 0 Å². The van der Waals surface area contributed by atoms with Gasteiger partial charge in [0.1, 0.15) is 11.9 Å². The first-order valence-corrected chi connectivity index (χ1v) is 6.92. The minimum Gasteiger partial charge on any atom is -0.366 e. The zero-order valence-corrected chi connectivity index (χ0v) is 12.5. The van der Waals surface area contributed by atoms with Crippen LogP contribution < -0.4 is 5.32 Å². The van der Waals surface area contributed by atoms with E-state index in [1.54, 1.807) is 12.1 Å². The van der Waals surface area contributed by atoms with Gasteiger partial charge in [-0.1, -0.05) is 45.0 Å². The lowest BCUT2D eigenvalue weighted by molar-refractivity contribution is 0.590. The molecule has 108 valence electrons. The van der Waals surface area contributed by atoms with Crippen LogP contribution in [0.4, 0.5) is 10.1 Å². The average molecular weight is 282 g/mol. The molecule has 0 spiro atoms. The number of hydrogen-bond donors (Lipinski definition) is 1. The number of nitriles is 1. The molecule has 0 aliphatic heterocycles. The van der Waals surface area contributed by atoms with Crippen LogP contribution in [-0.4, -0.2) is 0 Å². The van der Waals surface area contributed by atoms with E-state index in [9.17, 15) is 9.65 Å². The van der Waals surface area contributed by atoms with E-state index in [1.165, 1.54) is 17.7 Å². The zero-order valence-electron chi connectivity index (χ0n) is 12.5. The number of nitrogens with zero attached hydrogens (tertiary/aromatic N) is 1. The summed E-state index contributed by atoms with van der Waals surface area (Å²) in [5.41, 5.74) is 2.94. The SMILES string of the molecule is CC(C)(C)c1ccc(C(C#N)Nc2ccc(F)cc2)cc1. The maximum atomic E-state index is 12.9. The van der Waals surface area contributed by atoms with Crippen molar-refractivity contribution in [1.29, 1.82) is 5.26 Å². The first kappa shape index (κ1) is 15.1. The lowest BCUT2D eigenvalue weighted by Gasteiger charge is -2.20. The Morgan fingerprint density at radius 2 is 1.57 bits per heavy atom. The van der Waals surface area contributed by atoms with Crippen molar-refractivity contribution in [2.45, 2.75) is 32.2 Å². The van der Waals surface area contributed by atoms with E-state index in [0.717, 1.165) is 11.3 Å². The molecule has 0 fully saturated rings. The zero-order chi connectivity index (χ0) is 15.5. The molecule has 1 atom stereocenters. The van der Waals surface area contributed by atoms with E-state index in [1.807, 2.05) is 24.3 Å². The van der Waals surface area contributed by atoms with E-state index in [2.05, 4.69) is 32.2 Å². The molecule has 1 N–H and O–H groups in total. The minimum absolute atomic E-state index is 0.0883. The fourth-order valence-electron chi connectivity index (χ4n) is 2.08. The summed E-state index contributed by atoms with van der Waals surface area (Å²) in [5.74, 6) is -0.288. The van der Waals surface area contributed by atoms with E-state index >= 15 is 0 Å². The van der Waals surface area contributed by atoms with Crippen LogP contribution >= 0.6 is 0 Å². The molecule has 0 saturated carbocycles. The highest BCUT2D eigenvalue weighted by Gasteiger charge is 2.15. The van der Waals surface area contributed by atoms with Gasteiger partial charge in [-0.2, -0.15) is 5.26 Å². The molecule has 0 aliphatic rings. The second kappa shape index (κ2) is 5.97. The van der Waals surface area contributed by atoms with Crippen LogP contribution in [0.15, 0.2) is 48.5 Å². The summed E-state index contributed by atoms with van der Waals surface area (Å²) in [6.45, 7) is 6.46.